The number of thioether (sulfide) groups is 1. The van der Waals surface area contributed by atoms with E-state index in [-0.39, 0.29) is 28.1 Å². The zero-order chi connectivity index (χ0) is 22.6. The van der Waals surface area contributed by atoms with Crippen LogP contribution in [0.3, 0.4) is 0 Å². The van der Waals surface area contributed by atoms with Crippen molar-refractivity contribution in [1.29, 1.82) is 0 Å². The second-order valence-corrected chi connectivity index (χ2v) is 7.30. The number of aromatic nitrogens is 4. The largest absolute Gasteiger partial charge is 0.406 e. The van der Waals surface area contributed by atoms with Crippen LogP contribution in [-0.4, -0.2) is 42.5 Å². The van der Waals surface area contributed by atoms with E-state index in [1.165, 1.54) is 36.7 Å². The number of hydrogen-bond acceptors (Lipinski definition) is 7. The highest BCUT2D eigenvalue weighted by molar-refractivity contribution is 7.99. The summed E-state index contributed by atoms with van der Waals surface area (Å²) in [6, 6.07) is 7.29. The van der Waals surface area contributed by atoms with Crippen LogP contribution < -0.4 is 5.32 Å². The van der Waals surface area contributed by atoms with Crippen LogP contribution in [0.2, 0.25) is 0 Å². The molecule has 0 aliphatic rings. The van der Waals surface area contributed by atoms with Gasteiger partial charge in [-0.1, -0.05) is 17.8 Å². The predicted molar refractivity (Wildman–Crippen MR) is 106 cm³/mol. The summed E-state index contributed by atoms with van der Waals surface area (Å²) < 4.78 is 40.1. The van der Waals surface area contributed by atoms with Gasteiger partial charge < -0.3 is 5.32 Å². The van der Waals surface area contributed by atoms with Crippen molar-refractivity contribution in [3.63, 3.8) is 0 Å². The molecule has 1 aromatic carbocycles. The number of nitro groups is 1. The van der Waals surface area contributed by atoms with E-state index in [0.29, 0.717) is 11.1 Å². The van der Waals surface area contributed by atoms with E-state index in [4.69, 9.17) is 0 Å². The van der Waals surface area contributed by atoms with Crippen LogP contribution in [0.4, 0.5) is 24.5 Å². The van der Waals surface area contributed by atoms with Gasteiger partial charge in [0, 0.05) is 24.0 Å². The monoisotopic (exact) mass is 452 g/mol. The summed E-state index contributed by atoms with van der Waals surface area (Å²) in [6.07, 6.45) is -1.71. The molecule has 2 aromatic heterocycles. The van der Waals surface area contributed by atoms with Crippen LogP contribution in [0.5, 0.6) is 0 Å². The third-order valence-corrected chi connectivity index (χ3v) is 4.92. The van der Waals surface area contributed by atoms with E-state index in [1.54, 1.807) is 13.0 Å². The highest BCUT2D eigenvalue weighted by Gasteiger charge is 2.31. The third-order valence-electron chi connectivity index (χ3n) is 3.95. The van der Waals surface area contributed by atoms with Crippen molar-refractivity contribution in [3.05, 3.63) is 58.4 Å². The van der Waals surface area contributed by atoms with Crippen molar-refractivity contribution >= 4 is 29.0 Å². The second kappa shape index (κ2) is 9.12. The van der Waals surface area contributed by atoms with Gasteiger partial charge in [0.2, 0.25) is 5.91 Å². The van der Waals surface area contributed by atoms with Gasteiger partial charge in [-0.25, -0.2) is 0 Å². The lowest BCUT2D eigenvalue weighted by Gasteiger charge is -2.12. The summed E-state index contributed by atoms with van der Waals surface area (Å²) in [5.74, 6) is -0.974. The lowest BCUT2D eigenvalue weighted by molar-refractivity contribution is -0.384. The minimum atomic E-state index is -4.54. The number of alkyl halides is 3. The fourth-order valence-corrected chi connectivity index (χ4v) is 3.38. The zero-order valence-corrected chi connectivity index (χ0v) is 16.8. The Morgan fingerprint density at radius 3 is 2.58 bits per heavy atom. The lowest BCUT2D eigenvalue weighted by Crippen LogP contribution is -2.20. The number of carbonyl (C=O) groups is 1. The number of nitrogens with one attached hydrogen (secondary N) is 1. The van der Waals surface area contributed by atoms with Gasteiger partial charge in [0.25, 0.3) is 5.69 Å². The molecule has 0 saturated heterocycles. The van der Waals surface area contributed by atoms with Crippen LogP contribution in [-0.2, 0) is 11.3 Å². The van der Waals surface area contributed by atoms with Gasteiger partial charge in [-0.15, -0.1) is 10.2 Å². The van der Waals surface area contributed by atoms with E-state index in [2.05, 4.69) is 20.5 Å². The summed E-state index contributed by atoms with van der Waals surface area (Å²) >= 11 is 0.740. The van der Waals surface area contributed by atoms with Crippen LogP contribution in [0, 0.1) is 17.0 Å². The summed E-state index contributed by atoms with van der Waals surface area (Å²) in [6.45, 7) is 0.327. The van der Waals surface area contributed by atoms with Crippen molar-refractivity contribution in [2.75, 3.05) is 11.1 Å². The van der Waals surface area contributed by atoms with E-state index >= 15 is 0 Å². The lowest BCUT2D eigenvalue weighted by atomic mass is 10.2. The number of nitro benzene ring substituents is 1. The second-order valence-electron chi connectivity index (χ2n) is 6.36. The molecule has 0 fully saturated rings. The first kappa shape index (κ1) is 22.2. The van der Waals surface area contributed by atoms with Crippen LogP contribution >= 0.6 is 11.8 Å². The third kappa shape index (κ3) is 5.78. The Morgan fingerprint density at radius 1 is 1.23 bits per heavy atom. The molecule has 31 heavy (non-hydrogen) atoms. The topological polar surface area (TPSA) is 116 Å². The van der Waals surface area contributed by atoms with Gasteiger partial charge in [-0.3, -0.25) is 24.5 Å². The number of halogens is 3. The number of nitrogens with zero attached hydrogens (tertiary/aromatic N) is 5. The molecule has 1 amide bonds. The maximum absolute atomic E-state index is 13.1. The first-order valence-corrected chi connectivity index (χ1v) is 9.70. The number of carbonyl (C=O) groups excluding carboxylic acids is 1. The minimum absolute atomic E-state index is 0.00423. The van der Waals surface area contributed by atoms with Crippen molar-refractivity contribution in [2.24, 2.45) is 0 Å². The molecule has 13 heteroatoms. The maximum Gasteiger partial charge on any atom is 0.406 e. The molecule has 3 rings (SSSR count). The number of hydrogen-bond donors (Lipinski definition) is 1. The Bertz CT molecular complexity index is 1100. The average Bonchev–Trinajstić information content (AvgIpc) is 3.09. The van der Waals surface area contributed by atoms with E-state index in [9.17, 15) is 28.1 Å². The number of pyridine rings is 1. The molecule has 0 atom stereocenters. The molecule has 3 aromatic rings. The Labute approximate surface area is 177 Å². The molecule has 0 unspecified atom stereocenters. The van der Waals surface area contributed by atoms with E-state index in [1.807, 2.05) is 0 Å². The number of aryl methyl sites for hydroxylation is 1. The van der Waals surface area contributed by atoms with Crippen molar-refractivity contribution in [1.82, 2.24) is 19.7 Å². The fraction of sp³-hybridized carbons (Fsp3) is 0.222. The van der Waals surface area contributed by atoms with E-state index in [0.717, 1.165) is 16.3 Å². The van der Waals surface area contributed by atoms with Gasteiger partial charge in [0.05, 0.1) is 10.7 Å². The predicted octanol–water partition coefficient (Wildman–Crippen LogP) is 3.85. The average molecular weight is 452 g/mol. The number of benzene rings is 1. The molecule has 9 nitrogen and oxygen atoms in total. The normalized spacial score (nSPS) is 11.4. The van der Waals surface area contributed by atoms with Crippen LogP contribution in [0.25, 0.3) is 11.4 Å². The standard InChI is InChI=1S/C18H15F3N6O3S/c1-11-2-3-13(14(8-11)27(29)30)23-15(28)9-31-17-25-24-16(12-4-6-22-7-5-12)26(17)10-18(19,20)21/h2-8H,9-10H2,1H3,(H,23,28). The zero-order valence-electron chi connectivity index (χ0n) is 16.0. The molecule has 0 aliphatic heterocycles. The molecule has 162 valence electrons. The highest BCUT2D eigenvalue weighted by Crippen LogP contribution is 2.29. The molecule has 2 heterocycles. The van der Waals surface area contributed by atoms with E-state index < -0.39 is 23.6 Å². The smallest absolute Gasteiger partial charge is 0.320 e. The van der Waals surface area contributed by atoms with Gasteiger partial charge in [-0.2, -0.15) is 13.2 Å². The number of anilines is 1. The first-order valence-electron chi connectivity index (χ1n) is 8.72. The summed E-state index contributed by atoms with van der Waals surface area (Å²) in [4.78, 5) is 26.6. The van der Waals surface area contributed by atoms with Gasteiger partial charge in [0.15, 0.2) is 11.0 Å². The minimum Gasteiger partial charge on any atom is -0.320 e. The van der Waals surface area contributed by atoms with Crippen LogP contribution in [0.1, 0.15) is 5.56 Å². The number of amides is 1. The number of rotatable bonds is 7. The molecular weight excluding hydrogens is 437 g/mol. The SMILES string of the molecule is Cc1ccc(NC(=O)CSc2nnc(-c3ccncc3)n2CC(F)(F)F)c([N+](=O)[O-])c1. The highest BCUT2D eigenvalue weighted by atomic mass is 32.2. The van der Waals surface area contributed by atoms with Crippen molar-refractivity contribution < 1.29 is 22.9 Å². The Balaban J connectivity index is 1.78. The molecule has 0 saturated carbocycles. The van der Waals surface area contributed by atoms with Crippen LogP contribution in [0.15, 0.2) is 47.9 Å². The van der Waals surface area contributed by atoms with Crippen molar-refractivity contribution in [2.45, 2.75) is 24.8 Å². The van der Waals surface area contributed by atoms with Gasteiger partial charge in [0.1, 0.15) is 12.2 Å². The Kier molecular flexibility index (Phi) is 6.53. The molecular formula is C18H15F3N6O3S. The molecule has 1 N–H and O–H groups in total. The molecule has 0 spiro atoms. The molecule has 0 aliphatic carbocycles. The Morgan fingerprint density at radius 2 is 1.94 bits per heavy atom. The first-order chi connectivity index (χ1) is 14.6. The molecule has 0 radical (unpaired) electrons. The Hall–Kier alpha value is -3.48. The molecule has 0 bridgehead atoms. The fourth-order valence-electron chi connectivity index (χ4n) is 2.65. The van der Waals surface area contributed by atoms with Gasteiger partial charge in [-0.05, 0) is 30.7 Å². The summed E-state index contributed by atoms with van der Waals surface area (Å²) in [7, 11) is 0. The summed E-state index contributed by atoms with van der Waals surface area (Å²) in [5, 5.41) is 21.1. The summed E-state index contributed by atoms with van der Waals surface area (Å²) in [5.41, 5.74) is 0.746. The quantitative estimate of drug-likeness (QED) is 0.329. The van der Waals surface area contributed by atoms with Crippen molar-refractivity contribution in [3.8, 4) is 11.4 Å². The maximum atomic E-state index is 13.1. The van der Waals surface area contributed by atoms with Gasteiger partial charge >= 0.3 is 6.18 Å².